The molecular formula is C12H20N4O. The van der Waals surface area contributed by atoms with E-state index in [0.29, 0.717) is 12.0 Å². The fourth-order valence-corrected chi connectivity index (χ4v) is 2.83. The van der Waals surface area contributed by atoms with E-state index in [0.717, 1.165) is 37.6 Å². The van der Waals surface area contributed by atoms with E-state index in [1.54, 1.807) is 0 Å². The minimum atomic E-state index is 0.428. The Morgan fingerprint density at radius 2 is 2.41 bits per heavy atom. The Morgan fingerprint density at radius 3 is 3.12 bits per heavy atom. The predicted molar refractivity (Wildman–Crippen MR) is 63.9 cm³/mol. The molecule has 0 aliphatic carbocycles. The molecule has 0 saturated carbocycles. The zero-order chi connectivity index (χ0) is 11.7. The number of likely N-dealkylation sites (tertiary alicyclic amines) is 1. The summed E-state index contributed by atoms with van der Waals surface area (Å²) in [4.78, 5) is 6.94. The van der Waals surface area contributed by atoms with Gasteiger partial charge in [-0.3, -0.25) is 0 Å². The lowest BCUT2D eigenvalue weighted by molar-refractivity contribution is 0.300. The summed E-state index contributed by atoms with van der Waals surface area (Å²) in [5.41, 5.74) is 0. The first-order valence-electron chi connectivity index (χ1n) is 6.56. The van der Waals surface area contributed by atoms with Gasteiger partial charge in [-0.1, -0.05) is 5.16 Å². The van der Waals surface area contributed by atoms with Crippen molar-refractivity contribution in [1.29, 1.82) is 0 Å². The van der Waals surface area contributed by atoms with Gasteiger partial charge >= 0.3 is 0 Å². The third-order valence-corrected chi connectivity index (χ3v) is 3.98. The molecule has 17 heavy (non-hydrogen) atoms. The van der Waals surface area contributed by atoms with Gasteiger partial charge in [0, 0.05) is 19.0 Å². The maximum Gasteiger partial charge on any atom is 0.231 e. The molecule has 1 N–H and O–H groups in total. The Labute approximate surface area is 102 Å². The highest BCUT2D eigenvalue weighted by Crippen LogP contribution is 2.22. The van der Waals surface area contributed by atoms with Gasteiger partial charge in [-0.2, -0.15) is 4.98 Å². The maximum atomic E-state index is 5.37. The highest BCUT2D eigenvalue weighted by Gasteiger charge is 2.26. The smallest absolute Gasteiger partial charge is 0.231 e. The monoisotopic (exact) mass is 236 g/mol. The van der Waals surface area contributed by atoms with Gasteiger partial charge in [0.1, 0.15) is 0 Å². The van der Waals surface area contributed by atoms with Gasteiger partial charge in [-0.15, -0.1) is 0 Å². The van der Waals surface area contributed by atoms with Gasteiger partial charge in [0.2, 0.25) is 5.89 Å². The van der Waals surface area contributed by atoms with Crippen molar-refractivity contribution >= 4 is 0 Å². The third-order valence-electron chi connectivity index (χ3n) is 3.98. The van der Waals surface area contributed by atoms with Crippen LogP contribution in [0.5, 0.6) is 0 Å². The normalized spacial score (nSPS) is 30.2. The number of hydrogen-bond donors (Lipinski definition) is 1. The fraction of sp³-hybridized carbons (Fsp3) is 0.833. The summed E-state index contributed by atoms with van der Waals surface area (Å²) in [6.07, 6.45) is 4.59. The number of hydrogen-bond acceptors (Lipinski definition) is 5. The first-order chi connectivity index (χ1) is 8.33. The van der Waals surface area contributed by atoms with E-state index in [4.69, 9.17) is 4.52 Å². The lowest BCUT2D eigenvalue weighted by Gasteiger charge is -2.16. The Hall–Kier alpha value is -0.940. The van der Waals surface area contributed by atoms with Crippen LogP contribution in [-0.2, 0) is 6.42 Å². The van der Waals surface area contributed by atoms with Crippen LogP contribution in [-0.4, -0.2) is 47.8 Å². The van der Waals surface area contributed by atoms with E-state index >= 15 is 0 Å². The van der Waals surface area contributed by atoms with E-state index in [1.165, 1.54) is 19.4 Å². The number of rotatable bonds is 3. The molecule has 2 aliphatic rings. The van der Waals surface area contributed by atoms with Crippen LogP contribution in [0.15, 0.2) is 4.52 Å². The van der Waals surface area contributed by atoms with E-state index in [1.807, 2.05) is 0 Å². The third kappa shape index (κ3) is 2.35. The van der Waals surface area contributed by atoms with Crippen molar-refractivity contribution in [2.45, 2.75) is 37.6 Å². The van der Waals surface area contributed by atoms with Crippen LogP contribution in [0, 0.1) is 0 Å². The van der Waals surface area contributed by atoms with Gasteiger partial charge < -0.3 is 14.7 Å². The van der Waals surface area contributed by atoms with Crippen LogP contribution in [0.4, 0.5) is 0 Å². The van der Waals surface area contributed by atoms with Crippen LogP contribution in [0.2, 0.25) is 0 Å². The van der Waals surface area contributed by atoms with Crippen molar-refractivity contribution in [3.8, 4) is 0 Å². The first-order valence-corrected chi connectivity index (χ1v) is 6.56. The van der Waals surface area contributed by atoms with Crippen molar-refractivity contribution in [3.05, 3.63) is 11.7 Å². The quantitative estimate of drug-likeness (QED) is 0.840. The van der Waals surface area contributed by atoms with Crippen molar-refractivity contribution in [3.63, 3.8) is 0 Å². The molecule has 3 rings (SSSR count). The lowest BCUT2D eigenvalue weighted by atomic mass is 10.1. The molecule has 0 bridgehead atoms. The molecule has 2 unspecified atom stereocenters. The van der Waals surface area contributed by atoms with Crippen LogP contribution in [0.1, 0.15) is 36.9 Å². The number of aromatic nitrogens is 2. The molecule has 0 aromatic carbocycles. The average Bonchev–Trinajstić information content (AvgIpc) is 3.02. The van der Waals surface area contributed by atoms with Crippen molar-refractivity contribution in [2.75, 3.05) is 26.7 Å². The molecule has 2 saturated heterocycles. The summed E-state index contributed by atoms with van der Waals surface area (Å²) in [6, 6.07) is 0.599. The molecule has 94 valence electrons. The zero-order valence-corrected chi connectivity index (χ0v) is 10.4. The summed E-state index contributed by atoms with van der Waals surface area (Å²) < 4.78 is 5.37. The standard InChI is InChI=1S/C12H20N4O/c1-16-6-2-3-10(16)7-11-14-12(17-15-11)9-4-5-13-8-9/h9-10,13H,2-8H2,1H3. The topological polar surface area (TPSA) is 54.2 Å². The van der Waals surface area contributed by atoms with Crippen LogP contribution < -0.4 is 5.32 Å². The molecule has 3 heterocycles. The first kappa shape index (κ1) is 11.2. The Morgan fingerprint density at radius 1 is 1.47 bits per heavy atom. The lowest BCUT2D eigenvalue weighted by Crippen LogP contribution is -2.27. The summed E-state index contributed by atoms with van der Waals surface area (Å²) in [7, 11) is 2.18. The van der Waals surface area contributed by atoms with Crippen molar-refractivity contribution < 1.29 is 4.52 Å². The van der Waals surface area contributed by atoms with Gasteiger partial charge in [0.05, 0.1) is 5.92 Å². The van der Waals surface area contributed by atoms with E-state index in [2.05, 4.69) is 27.4 Å². The molecule has 0 radical (unpaired) electrons. The Balaban J connectivity index is 1.63. The maximum absolute atomic E-state index is 5.37. The molecule has 2 fully saturated rings. The minimum absolute atomic E-state index is 0.428. The summed E-state index contributed by atoms with van der Waals surface area (Å²) in [5, 5.41) is 7.44. The molecular weight excluding hydrogens is 216 g/mol. The highest BCUT2D eigenvalue weighted by molar-refractivity contribution is 4.99. The Bertz CT molecular complexity index is 372. The van der Waals surface area contributed by atoms with Crippen LogP contribution in [0.25, 0.3) is 0 Å². The molecule has 1 aromatic heterocycles. The highest BCUT2D eigenvalue weighted by atomic mass is 16.5. The SMILES string of the molecule is CN1CCCC1Cc1noc(C2CCNC2)n1. The Kier molecular flexibility index (Phi) is 3.11. The molecule has 0 amide bonds. The van der Waals surface area contributed by atoms with Crippen LogP contribution in [0.3, 0.4) is 0 Å². The summed E-state index contributed by atoms with van der Waals surface area (Å²) in [5.74, 6) is 2.13. The van der Waals surface area contributed by atoms with Crippen molar-refractivity contribution in [1.82, 2.24) is 20.4 Å². The second kappa shape index (κ2) is 4.74. The molecule has 5 nitrogen and oxygen atoms in total. The average molecular weight is 236 g/mol. The number of likely N-dealkylation sites (N-methyl/N-ethyl adjacent to an activating group) is 1. The summed E-state index contributed by atoms with van der Waals surface area (Å²) in [6.45, 7) is 3.24. The second-order valence-corrected chi connectivity index (χ2v) is 5.22. The van der Waals surface area contributed by atoms with E-state index < -0.39 is 0 Å². The summed E-state index contributed by atoms with van der Waals surface area (Å²) >= 11 is 0. The fourth-order valence-electron chi connectivity index (χ4n) is 2.83. The molecule has 0 spiro atoms. The minimum Gasteiger partial charge on any atom is -0.339 e. The second-order valence-electron chi connectivity index (χ2n) is 5.22. The van der Waals surface area contributed by atoms with E-state index in [9.17, 15) is 0 Å². The number of nitrogens with one attached hydrogen (secondary N) is 1. The van der Waals surface area contributed by atoms with Crippen molar-refractivity contribution in [2.24, 2.45) is 0 Å². The van der Waals surface area contributed by atoms with Gasteiger partial charge in [-0.25, -0.2) is 0 Å². The molecule has 2 atom stereocenters. The molecule has 2 aliphatic heterocycles. The van der Waals surface area contributed by atoms with Gasteiger partial charge in [0.25, 0.3) is 0 Å². The zero-order valence-electron chi connectivity index (χ0n) is 10.4. The number of nitrogens with zero attached hydrogens (tertiary/aromatic N) is 3. The molecule has 5 heteroatoms. The largest absolute Gasteiger partial charge is 0.339 e. The predicted octanol–water partition coefficient (Wildman–Crippen LogP) is 0.783. The van der Waals surface area contributed by atoms with Crippen LogP contribution >= 0.6 is 0 Å². The van der Waals surface area contributed by atoms with Gasteiger partial charge in [-0.05, 0) is 39.4 Å². The van der Waals surface area contributed by atoms with E-state index in [-0.39, 0.29) is 0 Å². The van der Waals surface area contributed by atoms with Gasteiger partial charge in [0.15, 0.2) is 5.82 Å². The molecule has 1 aromatic rings.